The smallest absolute Gasteiger partial charge is 0.121 e. The van der Waals surface area contributed by atoms with E-state index in [9.17, 15) is 0 Å². The van der Waals surface area contributed by atoms with Crippen molar-refractivity contribution in [2.75, 3.05) is 14.2 Å². The molecule has 0 spiro atoms. The lowest BCUT2D eigenvalue weighted by molar-refractivity contribution is 0.414. The van der Waals surface area contributed by atoms with E-state index in [2.05, 4.69) is 4.98 Å². The maximum Gasteiger partial charge on any atom is 0.121 e. The lowest BCUT2D eigenvalue weighted by Gasteiger charge is -2.11. The van der Waals surface area contributed by atoms with Gasteiger partial charge in [-0.15, -0.1) is 0 Å². The second-order valence-electron chi connectivity index (χ2n) is 4.96. The Hall–Kier alpha value is -2.40. The van der Waals surface area contributed by atoms with Crippen LogP contribution in [-0.4, -0.2) is 23.8 Å². The second kappa shape index (κ2) is 5.77. The van der Waals surface area contributed by atoms with Crippen molar-refractivity contribution in [1.82, 2.24) is 9.55 Å². The van der Waals surface area contributed by atoms with Crippen molar-refractivity contribution >= 4 is 23.1 Å². The van der Waals surface area contributed by atoms with Gasteiger partial charge in [0.2, 0.25) is 0 Å². The fourth-order valence-electron chi connectivity index (χ4n) is 2.45. The molecule has 1 heterocycles. The lowest BCUT2D eigenvalue weighted by Crippen LogP contribution is -2.00. The highest BCUT2D eigenvalue weighted by Crippen LogP contribution is 2.26. The molecule has 3 aromatic rings. The summed E-state index contributed by atoms with van der Waals surface area (Å²) in [5, 5.41) is 0.967. The monoisotopic (exact) mass is 312 g/mol. The highest BCUT2D eigenvalue weighted by molar-refractivity contribution is 7.71. The molecule has 4 nitrogen and oxygen atoms in total. The first kappa shape index (κ1) is 14.5. The Balaban J connectivity index is 2.21. The van der Waals surface area contributed by atoms with Crippen molar-refractivity contribution in [3.8, 4) is 17.2 Å². The third-order valence-electron chi connectivity index (χ3n) is 3.62. The fourth-order valence-corrected chi connectivity index (χ4v) is 2.87. The molecule has 0 bridgehead atoms. The van der Waals surface area contributed by atoms with E-state index in [1.165, 1.54) is 0 Å². The zero-order valence-corrected chi connectivity index (χ0v) is 13.5. The molecule has 0 unspecified atom stereocenters. The van der Waals surface area contributed by atoms with Gasteiger partial charge >= 0.3 is 0 Å². The normalized spacial score (nSPS) is 10.7. The van der Waals surface area contributed by atoms with Gasteiger partial charge in [0.05, 0.1) is 19.7 Å². The summed E-state index contributed by atoms with van der Waals surface area (Å²) in [6.07, 6.45) is 1.74. The van der Waals surface area contributed by atoms with Gasteiger partial charge in [0.1, 0.15) is 22.5 Å². The van der Waals surface area contributed by atoms with Crippen LogP contribution in [0.1, 0.15) is 5.56 Å². The van der Waals surface area contributed by atoms with E-state index < -0.39 is 0 Å². The minimum Gasteiger partial charge on any atom is -0.497 e. The SMILES string of the molecule is COc1ccc(-n2cnc3cc(OC)cc(C)c3c2=S)cc1. The largest absolute Gasteiger partial charge is 0.497 e. The minimum absolute atomic E-state index is 0.732. The predicted octanol–water partition coefficient (Wildman–Crippen LogP) is 4.08. The summed E-state index contributed by atoms with van der Waals surface area (Å²) in [5.74, 6) is 1.60. The standard InChI is InChI=1S/C17H16N2O2S/c1-11-8-14(21-3)9-15-16(11)17(22)19(10-18-15)12-4-6-13(20-2)7-5-12/h4-10H,1-3H3. The summed E-state index contributed by atoms with van der Waals surface area (Å²) in [7, 11) is 3.30. The number of ether oxygens (including phenoxy) is 2. The number of aryl methyl sites for hydroxylation is 1. The molecule has 0 N–H and O–H groups in total. The first-order chi connectivity index (χ1) is 10.6. The van der Waals surface area contributed by atoms with E-state index in [0.717, 1.165) is 38.3 Å². The third-order valence-corrected chi connectivity index (χ3v) is 4.02. The molecule has 0 atom stereocenters. The van der Waals surface area contributed by atoms with Crippen LogP contribution < -0.4 is 9.47 Å². The van der Waals surface area contributed by atoms with E-state index in [0.29, 0.717) is 0 Å². The predicted molar refractivity (Wildman–Crippen MR) is 89.7 cm³/mol. The zero-order chi connectivity index (χ0) is 15.7. The molecule has 22 heavy (non-hydrogen) atoms. The molecular formula is C17H16N2O2S. The third kappa shape index (κ3) is 2.44. The van der Waals surface area contributed by atoms with Crippen LogP contribution in [0, 0.1) is 11.6 Å². The van der Waals surface area contributed by atoms with Crippen LogP contribution >= 0.6 is 12.2 Å². The van der Waals surface area contributed by atoms with E-state index in [4.69, 9.17) is 21.7 Å². The van der Waals surface area contributed by atoms with E-state index >= 15 is 0 Å². The summed E-state index contributed by atoms with van der Waals surface area (Å²) < 4.78 is 13.1. The highest BCUT2D eigenvalue weighted by Gasteiger charge is 2.08. The maximum absolute atomic E-state index is 5.65. The number of hydrogen-bond acceptors (Lipinski definition) is 4. The Bertz CT molecular complexity index is 886. The van der Waals surface area contributed by atoms with E-state index in [1.807, 2.05) is 47.9 Å². The molecule has 5 heteroatoms. The Kier molecular flexibility index (Phi) is 3.81. The number of fused-ring (bicyclic) bond motifs is 1. The van der Waals surface area contributed by atoms with Crippen LogP contribution in [0.25, 0.3) is 16.6 Å². The summed E-state index contributed by atoms with van der Waals surface area (Å²) in [5.41, 5.74) is 2.84. The molecule has 3 rings (SSSR count). The average Bonchev–Trinajstić information content (AvgIpc) is 2.55. The van der Waals surface area contributed by atoms with Crippen molar-refractivity contribution in [1.29, 1.82) is 0 Å². The van der Waals surface area contributed by atoms with Gasteiger partial charge in [0.25, 0.3) is 0 Å². The van der Waals surface area contributed by atoms with Crippen molar-refractivity contribution in [2.24, 2.45) is 0 Å². The van der Waals surface area contributed by atoms with Gasteiger partial charge in [-0.1, -0.05) is 12.2 Å². The molecule has 0 saturated heterocycles. The Morgan fingerprint density at radius 3 is 2.32 bits per heavy atom. The molecule has 2 aromatic carbocycles. The van der Waals surface area contributed by atoms with Crippen LogP contribution in [-0.2, 0) is 0 Å². The van der Waals surface area contributed by atoms with Crippen LogP contribution in [0.5, 0.6) is 11.5 Å². The summed E-state index contributed by atoms with van der Waals surface area (Å²) >= 11 is 5.65. The average molecular weight is 312 g/mol. The second-order valence-corrected chi connectivity index (χ2v) is 5.34. The minimum atomic E-state index is 0.732. The molecule has 0 fully saturated rings. The summed E-state index contributed by atoms with van der Waals surface area (Å²) in [6.45, 7) is 2.01. The van der Waals surface area contributed by atoms with Crippen molar-refractivity contribution < 1.29 is 9.47 Å². The molecule has 1 aromatic heterocycles. The molecule has 0 aliphatic rings. The molecule has 112 valence electrons. The maximum atomic E-state index is 5.65. The quantitative estimate of drug-likeness (QED) is 0.683. The number of hydrogen-bond donors (Lipinski definition) is 0. The van der Waals surface area contributed by atoms with Gasteiger partial charge in [-0.3, -0.25) is 4.57 Å². The van der Waals surface area contributed by atoms with Crippen LogP contribution in [0.3, 0.4) is 0 Å². The van der Waals surface area contributed by atoms with Gasteiger partial charge in [-0.05, 0) is 42.8 Å². The van der Waals surface area contributed by atoms with Gasteiger partial charge in [0, 0.05) is 17.1 Å². The fraction of sp³-hybridized carbons (Fsp3) is 0.176. The zero-order valence-electron chi connectivity index (χ0n) is 12.7. The Morgan fingerprint density at radius 2 is 1.68 bits per heavy atom. The van der Waals surface area contributed by atoms with Crippen molar-refractivity contribution in [3.63, 3.8) is 0 Å². The van der Waals surface area contributed by atoms with Crippen LogP contribution in [0.2, 0.25) is 0 Å². The van der Waals surface area contributed by atoms with E-state index in [1.54, 1.807) is 20.5 Å². The molecule has 0 saturated carbocycles. The van der Waals surface area contributed by atoms with Gasteiger partial charge in [-0.25, -0.2) is 4.98 Å². The number of methoxy groups -OCH3 is 2. The molecule has 0 amide bonds. The lowest BCUT2D eigenvalue weighted by atomic mass is 10.1. The Labute approximate surface area is 134 Å². The highest BCUT2D eigenvalue weighted by atomic mass is 32.1. The van der Waals surface area contributed by atoms with Gasteiger partial charge in [-0.2, -0.15) is 0 Å². The number of aromatic nitrogens is 2. The van der Waals surface area contributed by atoms with Gasteiger partial charge in [0.15, 0.2) is 0 Å². The molecular weight excluding hydrogens is 296 g/mol. The molecule has 0 aliphatic carbocycles. The van der Waals surface area contributed by atoms with Crippen molar-refractivity contribution in [3.05, 3.63) is 52.9 Å². The van der Waals surface area contributed by atoms with E-state index in [-0.39, 0.29) is 0 Å². The summed E-state index contributed by atoms with van der Waals surface area (Å²) in [4.78, 5) is 4.52. The Morgan fingerprint density at radius 1 is 1.00 bits per heavy atom. The molecule has 0 aliphatic heterocycles. The first-order valence-corrected chi connectivity index (χ1v) is 7.25. The first-order valence-electron chi connectivity index (χ1n) is 6.84. The number of rotatable bonds is 3. The number of nitrogens with zero attached hydrogens (tertiary/aromatic N) is 2. The van der Waals surface area contributed by atoms with Crippen molar-refractivity contribution in [2.45, 2.75) is 6.92 Å². The summed E-state index contributed by atoms with van der Waals surface area (Å²) in [6, 6.07) is 11.6. The number of benzene rings is 2. The molecule has 0 radical (unpaired) electrons. The van der Waals surface area contributed by atoms with Crippen LogP contribution in [0.15, 0.2) is 42.7 Å². The van der Waals surface area contributed by atoms with Crippen LogP contribution in [0.4, 0.5) is 0 Å². The topological polar surface area (TPSA) is 36.3 Å². The van der Waals surface area contributed by atoms with Gasteiger partial charge < -0.3 is 9.47 Å².